The number of ether oxygens (including phenoxy) is 4. The summed E-state index contributed by atoms with van der Waals surface area (Å²) < 4.78 is 24.5. The molecule has 10 rings (SSSR count). The summed E-state index contributed by atoms with van der Waals surface area (Å²) in [4.78, 5) is 54.3. The van der Waals surface area contributed by atoms with E-state index < -0.39 is 11.8 Å². The van der Waals surface area contributed by atoms with Gasteiger partial charge in [-0.05, 0) is 151 Å². The van der Waals surface area contributed by atoms with Crippen LogP contribution in [0.15, 0.2) is 182 Å². The second-order valence-electron chi connectivity index (χ2n) is 18.6. The van der Waals surface area contributed by atoms with Crippen molar-refractivity contribution in [3.05, 3.63) is 232 Å². The van der Waals surface area contributed by atoms with Crippen molar-refractivity contribution < 1.29 is 38.1 Å². The molecule has 0 unspecified atom stereocenters. The molecule has 2 aliphatic heterocycles. The molecule has 10 heteroatoms. The molecule has 10 nitrogen and oxygen atoms in total. The Kier molecular flexibility index (Phi) is 11.4. The number of amides is 4. The van der Waals surface area contributed by atoms with Crippen LogP contribution >= 0.6 is 0 Å². The van der Waals surface area contributed by atoms with E-state index in [2.05, 4.69) is 52.0 Å². The first-order chi connectivity index (χ1) is 33.6. The summed E-state index contributed by atoms with van der Waals surface area (Å²) in [5.41, 5.74) is 6.57. The van der Waals surface area contributed by atoms with Gasteiger partial charge in [-0.3, -0.25) is 24.1 Å². The molecule has 2 aliphatic rings. The van der Waals surface area contributed by atoms with Crippen LogP contribution in [-0.4, -0.2) is 35.6 Å². The van der Waals surface area contributed by atoms with Crippen LogP contribution in [0.5, 0.6) is 46.0 Å². The highest BCUT2D eigenvalue weighted by Gasteiger charge is 2.37. The van der Waals surface area contributed by atoms with Gasteiger partial charge in [-0.2, -0.15) is 0 Å². The number of imide groups is 2. The fourth-order valence-corrected chi connectivity index (χ4v) is 8.83. The molecule has 2 heterocycles. The standard InChI is InChI=1S/C60H48N2O8/c1-37-7-19-43(20-8-37)67-44-21-9-38(10-22-44)59(2,3)39-11-23-45(24-12-39)68-48-29-17-42(18-30-48)62-57(65)52-34-32-50(36-54(52)58(62)66)70-47-27-15-41(16-28-47)60(4,5)40-13-25-46(26-14-40)69-49-31-33-51-53(35-49)56(64)61(6)55(51)63/h7-36H,1-6H3. The summed E-state index contributed by atoms with van der Waals surface area (Å²) in [5.74, 6) is 3.33. The van der Waals surface area contributed by atoms with Crippen LogP contribution in [0.25, 0.3) is 0 Å². The fourth-order valence-electron chi connectivity index (χ4n) is 8.83. The van der Waals surface area contributed by atoms with Gasteiger partial charge < -0.3 is 18.9 Å². The van der Waals surface area contributed by atoms with Crippen LogP contribution in [0.4, 0.5) is 5.69 Å². The first-order valence-electron chi connectivity index (χ1n) is 22.9. The van der Waals surface area contributed by atoms with Crippen LogP contribution in [-0.2, 0) is 10.8 Å². The van der Waals surface area contributed by atoms with E-state index in [4.69, 9.17) is 18.9 Å². The molecule has 0 atom stereocenters. The van der Waals surface area contributed by atoms with Gasteiger partial charge in [0.1, 0.15) is 46.0 Å². The van der Waals surface area contributed by atoms with Crippen LogP contribution in [0.3, 0.4) is 0 Å². The number of carbonyl (C=O) groups is 4. The molecular formula is C60H48N2O8. The van der Waals surface area contributed by atoms with Gasteiger partial charge in [-0.25, -0.2) is 4.90 Å². The highest BCUT2D eigenvalue weighted by atomic mass is 16.5. The van der Waals surface area contributed by atoms with E-state index in [9.17, 15) is 19.2 Å². The lowest BCUT2D eigenvalue weighted by Gasteiger charge is -2.26. The van der Waals surface area contributed by atoms with Crippen molar-refractivity contribution in [1.82, 2.24) is 4.90 Å². The Morgan fingerprint density at radius 2 is 0.600 bits per heavy atom. The number of nitrogens with zero attached hydrogens (tertiary/aromatic N) is 2. The molecule has 0 fully saturated rings. The summed E-state index contributed by atoms with van der Waals surface area (Å²) in [6.07, 6.45) is 0. The smallest absolute Gasteiger partial charge is 0.266 e. The average Bonchev–Trinajstić information content (AvgIpc) is 3.74. The summed E-state index contributed by atoms with van der Waals surface area (Å²) in [6, 6.07) is 56.3. The third kappa shape index (κ3) is 8.56. The quantitative estimate of drug-likeness (QED) is 0.105. The number of hydrogen-bond donors (Lipinski definition) is 0. The Hall–Kier alpha value is -8.76. The van der Waals surface area contributed by atoms with Crippen molar-refractivity contribution in [2.24, 2.45) is 0 Å². The number of fused-ring (bicyclic) bond motifs is 2. The van der Waals surface area contributed by atoms with Gasteiger partial charge in [0.2, 0.25) is 0 Å². The molecule has 0 aromatic heterocycles. The minimum atomic E-state index is -0.439. The van der Waals surface area contributed by atoms with Crippen molar-refractivity contribution in [2.45, 2.75) is 45.4 Å². The van der Waals surface area contributed by atoms with Crippen molar-refractivity contribution >= 4 is 29.3 Å². The van der Waals surface area contributed by atoms with Crippen molar-refractivity contribution in [3.63, 3.8) is 0 Å². The molecule has 0 bridgehead atoms. The third-order valence-corrected chi connectivity index (χ3v) is 13.3. The molecule has 0 N–H and O–H groups in total. The van der Waals surface area contributed by atoms with Gasteiger partial charge in [0.05, 0.1) is 27.9 Å². The van der Waals surface area contributed by atoms with E-state index in [1.165, 1.54) is 17.5 Å². The summed E-state index contributed by atoms with van der Waals surface area (Å²) in [7, 11) is 1.47. The van der Waals surface area contributed by atoms with Crippen LogP contribution in [0.2, 0.25) is 0 Å². The van der Waals surface area contributed by atoms with Crippen molar-refractivity contribution in [3.8, 4) is 46.0 Å². The van der Waals surface area contributed by atoms with E-state index in [1.54, 1.807) is 60.7 Å². The molecule has 70 heavy (non-hydrogen) atoms. The van der Waals surface area contributed by atoms with E-state index in [-0.39, 0.29) is 28.2 Å². The van der Waals surface area contributed by atoms with E-state index in [0.29, 0.717) is 56.9 Å². The van der Waals surface area contributed by atoms with Crippen LogP contribution in [0, 0.1) is 6.92 Å². The largest absolute Gasteiger partial charge is 0.457 e. The third-order valence-electron chi connectivity index (χ3n) is 13.3. The molecule has 4 amide bonds. The molecule has 8 aromatic rings. The number of rotatable bonds is 13. The number of aryl methyl sites for hydroxylation is 1. The predicted molar refractivity (Wildman–Crippen MR) is 268 cm³/mol. The summed E-state index contributed by atoms with van der Waals surface area (Å²) in [5, 5.41) is 0. The van der Waals surface area contributed by atoms with Gasteiger partial charge in [0.15, 0.2) is 0 Å². The van der Waals surface area contributed by atoms with Gasteiger partial charge in [0.25, 0.3) is 23.6 Å². The monoisotopic (exact) mass is 924 g/mol. The Morgan fingerprint density at radius 1 is 0.329 bits per heavy atom. The number of anilines is 1. The zero-order valence-electron chi connectivity index (χ0n) is 39.5. The summed E-state index contributed by atoms with van der Waals surface area (Å²) >= 11 is 0. The average molecular weight is 925 g/mol. The predicted octanol–water partition coefficient (Wildman–Crippen LogP) is 13.8. The lowest BCUT2D eigenvalue weighted by Crippen LogP contribution is -2.29. The maximum absolute atomic E-state index is 13.8. The highest BCUT2D eigenvalue weighted by Crippen LogP contribution is 2.39. The van der Waals surface area contributed by atoms with Gasteiger partial charge >= 0.3 is 0 Å². The zero-order valence-corrected chi connectivity index (χ0v) is 39.5. The first kappa shape index (κ1) is 45.0. The Morgan fingerprint density at radius 3 is 0.986 bits per heavy atom. The van der Waals surface area contributed by atoms with E-state index in [0.717, 1.165) is 38.7 Å². The molecule has 346 valence electrons. The number of benzene rings is 8. The summed E-state index contributed by atoms with van der Waals surface area (Å²) in [6.45, 7) is 10.7. The van der Waals surface area contributed by atoms with E-state index >= 15 is 0 Å². The second kappa shape index (κ2) is 17.7. The molecular weight excluding hydrogens is 877 g/mol. The second-order valence-corrected chi connectivity index (χ2v) is 18.6. The zero-order chi connectivity index (χ0) is 48.9. The Balaban J connectivity index is 0.746. The molecule has 0 saturated heterocycles. The molecule has 0 aliphatic carbocycles. The van der Waals surface area contributed by atoms with E-state index in [1.807, 2.05) is 104 Å². The molecule has 0 spiro atoms. The highest BCUT2D eigenvalue weighted by molar-refractivity contribution is 6.34. The maximum Gasteiger partial charge on any atom is 0.266 e. The molecule has 8 aromatic carbocycles. The SMILES string of the molecule is Cc1ccc(Oc2ccc(C(C)(C)c3ccc(Oc4ccc(N5C(=O)c6ccc(Oc7ccc(C(C)(C)c8ccc(Oc9ccc%10c(c9)C(=O)N(C)C%10=O)cc8)cc7)cc6C5=O)cc4)cc3)cc2)cc1. The topological polar surface area (TPSA) is 112 Å². The van der Waals surface area contributed by atoms with Gasteiger partial charge in [-0.1, -0.05) is 93.9 Å². The fraction of sp³-hybridized carbons (Fsp3) is 0.133. The Bertz CT molecular complexity index is 3320. The molecule has 0 radical (unpaired) electrons. The van der Waals surface area contributed by atoms with Crippen molar-refractivity contribution in [1.29, 1.82) is 0 Å². The van der Waals surface area contributed by atoms with Crippen LogP contribution < -0.4 is 23.8 Å². The van der Waals surface area contributed by atoms with Crippen molar-refractivity contribution in [2.75, 3.05) is 11.9 Å². The van der Waals surface area contributed by atoms with Gasteiger partial charge in [0, 0.05) is 17.9 Å². The number of hydrogen-bond acceptors (Lipinski definition) is 8. The van der Waals surface area contributed by atoms with Crippen LogP contribution in [0.1, 0.15) is 96.9 Å². The maximum atomic E-state index is 13.8. The lowest BCUT2D eigenvalue weighted by atomic mass is 9.78. The Labute approximate surface area is 406 Å². The minimum Gasteiger partial charge on any atom is -0.457 e. The molecule has 0 saturated carbocycles. The lowest BCUT2D eigenvalue weighted by molar-refractivity contribution is 0.0692. The van der Waals surface area contributed by atoms with Gasteiger partial charge in [-0.15, -0.1) is 0 Å². The first-order valence-corrected chi connectivity index (χ1v) is 22.9. The minimum absolute atomic E-state index is 0.259. The normalized spacial score (nSPS) is 13.3. The number of carbonyl (C=O) groups excluding carboxylic acids is 4.